The van der Waals surface area contributed by atoms with Crippen LogP contribution in [0, 0.1) is 0 Å². The van der Waals surface area contributed by atoms with Gasteiger partial charge in [0.05, 0.1) is 10.6 Å². The van der Waals surface area contributed by atoms with Crippen molar-refractivity contribution < 1.29 is 16.8 Å². The zero-order valence-electron chi connectivity index (χ0n) is 12.0. The Labute approximate surface area is 125 Å². The van der Waals surface area contributed by atoms with Crippen LogP contribution < -0.4 is 5.73 Å². The number of rotatable bonds is 3. The van der Waals surface area contributed by atoms with Gasteiger partial charge in [0.15, 0.2) is 9.84 Å². The van der Waals surface area contributed by atoms with Gasteiger partial charge in [0, 0.05) is 32.4 Å². The summed E-state index contributed by atoms with van der Waals surface area (Å²) in [6.45, 7) is 1.98. The molecule has 0 spiro atoms. The molecule has 1 aliphatic rings. The molecule has 7 nitrogen and oxygen atoms in total. The number of piperazine rings is 1. The molecular formula is C12H19N3O4S2. The van der Waals surface area contributed by atoms with Gasteiger partial charge in [-0.2, -0.15) is 4.31 Å². The van der Waals surface area contributed by atoms with E-state index >= 15 is 0 Å². The minimum atomic E-state index is -3.78. The first-order chi connectivity index (χ1) is 9.62. The van der Waals surface area contributed by atoms with Crippen LogP contribution in [0.4, 0.5) is 5.69 Å². The molecule has 1 fully saturated rings. The van der Waals surface area contributed by atoms with Crippen LogP contribution in [0.3, 0.4) is 0 Å². The molecule has 9 heteroatoms. The highest BCUT2D eigenvalue weighted by molar-refractivity contribution is 7.91. The molecule has 2 N–H and O–H groups in total. The average Bonchev–Trinajstić information content (AvgIpc) is 2.38. The summed E-state index contributed by atoms with van der Waals surface area (Å²) in [5, 5.41) is 0. The van der Waals surface area contributed by atoms with Crippen molar-refractivity contribution in [3.05, 3.63) is 18.2 Å². The Balaban J connectivity index is 2.45. The highest BCUT2D eigenvalue weighted by Gasteiger charge is 2.29. The van der Waals surface area contributed by atoms with Crippen molar-refractivity contribution >= 4 is 25.5 Å². The molecule has 1 heterocycles. The Kier molecular flexibility index (Phi) is 4.29. The van der Waals surface area contributed by atoms with Crippen LogP contribution in [0.5, 0.6) is 0 Å². The summed E-state index contributed by atoms with van der Waals surface area (Å²) in [5.41, 5.74) is 5.80. The molecule has 0 saturated carbocycles. The number of sulfonamides is 1. The van der Waals surface area contributed by atoms with Crippen molar-refractivity contribution in [2.75, 3.05) is 45.2 Å². The van der Waals surface area contributed by atoms with Crippen molar-refractivity contribution in [3.8, 4) is 0 Å². The predicted molar refractivity (Wildman–Crippen MR) is 80.2 cm³/mol. The summed E-state index contributed by atoms with van der Waals surface area (Å²) >= 11 is 0. The summed E-state index contributed by atoms with van der Waals surface area (Å²) in [6.07, 6.45) is 1.03. The molecule has 21 heavy (non-hydrogen) atoms. The van der Waals surface area contributed by atoms with Crippen molar-refractivity contribution in [1.82, 2.24) is 9.21 Å². The van der Waals surface area contributed by atoms with Crippen LogP contribution in [0.25, 0.3) is 0 Å². The van der Waals surface area contributed by atoms with Crippen molar-refractivity contribution in [2.24, 2.45) is 0 Å². The lowest BCUT2D eigenvalue weighted by atomic mass is 10.3. The standard InChI is InChI=1S/C12H19N3O4S2/c1-14-5-7-15(8-6-14)21(18,19)12-9-10(20(2,16)17)3-4-11(12)13/h3-4,9H,5-8,13H2,1-2H3. The Morgan fingerprint density at radius 1 is 1.05 bits per heavy atom. The minimum absolute atomic E-state index is 0.0515. The van der Waals surface area contributed by atoms with Crippen LogP contribution >= 0.6 is 0 Å². The Morgan fingerprint density at radius 3 is 2.14 bits per heavy atom. The van der Waals surface area contributed by atoms with E-state index in [1.54, 1.807) is 0 Å². The molecule has 1 saturated heterocycles. The number of nitrogens with zero attached hydrogens (tertiary/aromatic N) is 2. The Hall–Kier alpha value is -1.16. The quantitative estimate of drug-likeness (QED) is 0.756. The molecular weight excluding hydrogens is 314 g/mol. The normalized spacial score (nSPS) is 18.8. The molecule has 0 atom stereocenters. The van der Waals surface area contributed by atoms with E-state index < -0.39 is 19.9 Å². The SMILES string of the molecule is CN1CCN(S(=O)(=O)c2cc(S(C)(=O)=O)ccc2N)CC1. The number of sulfone groups is 1. The van der Waals surface area contributed by atoms with Gasteiger partial charge in [0.25, 0.3) is 0 Å². The molecule has 1 aromatic carbocycles. The number of nitrogens with two attached hydrogens (primary N) is 1. The number of anilines is 1. The first-order valence-electron chi connectivity index (χ1n) is 6.40. The smallest absolute Gasteiger partial charge is 0.245 e. The van der Waals surface area contributed by atoms with E-state index in [9.17, 15) is 16.8 Å². The third-order valence-electron chi connectivity index (χ3n) is 3.49. The number of nitrogen functional groups attached to an aromatic ring is 1. The molecule has 1 aromatic rings. The van der Waals surface area contributed by atoms with Crippen LogP contribution in [0.1, 0.15) is 0 Å². The third-order valence-corrected chi connectivity index (χ3v) is 6.56. The molecule has 0 aliphatic carbocycles. The van der Waals surface area contributed by atoms with Gasteiger partial charge in [-0.05, 0) is 25.2 Å². The average molecular weight is 333 g/mol. The minimum Gasteiger partial charge on any atom is -0.398 e. The zero-order chi connectivity index (χ0) is 15.8. The lowest BCUT2D eigenvalue weighted by Crippen LogP contribution is -2.47. The van der Waals surface area contributed by atoms with Gasteiger partial charge in [-0.3, -0.25) is 0 Å². The van der Waals surface area contributed by atoms with Crippen LogP contribution in [-0.2, 0) is 19.9 Å². The van der Waals surface area contributed by atoms with Crippen molar-refractivity contribution in [2.45, 2.75) is 9.79 Å². The van der Waals surface area contributed by atoms with Gasteiger partial charge >= 0.3 is 0 Å². The van der Waals surface area contributed by atoms with Gasteiger partial charge in [0.2, 0.25) is 10.0 Å². The number of benzene rings is 1. The Bertz CT molecular complexity index is 736. The topological polar surface area (TPSA) is 101 Å². The fourth-order valence-electron chi connectivity index (χ4n) is 2.14. The van der Waals surface area contributed by atoms with Gasteiger partial charge in [0.1, 0.15) is 4.90 Å². The van der Waals surface area contributed by atoms with E-state index in [-0.39, 0.29) is 15.5 Å². The highest BCUT2D eigenvalue weighted by atomic mass is 32.2. The molecule has 118 valence electrons. The van der Waals surface area contributed by atoms with Gasteiger partial charge in [-0.15, -0.1) is 0 Å². The fourth-order valence-corrected chi connectivity index (χ4v) is 4.42. The first kappa shape index (κ1) is 16.2. The maximum absolute atomic E-state index is 12.6. The van der Waals surface area contributed by atoms with E-state index in [1.165, 1.54) is 16.4 Å². The lowest BCUT2D eigenvalue weighted by Gasteiger charge is -2.31. The molecule has 1 aliphatic heterocycles. The van der Waals surface area contributed by atoms with Gasteiger partial charge < -0.3 is 10.6 Å². The second kappa shape index (κ2) is 5.56. The molecule has 0 unspecified atom stereocenters. The number of likely N-dealkylation sites (N-methyl/N-ethyl adjacent to an activating group) is 1. The molecule has 0 aromatic heterocycles. The second-order valence-corrected chi connectivity index (χ2v) is 9.10. The molecule has 0 amide bonds. The largest absolute Gasteiger partial charge is 0.398 e. The van der Waals surface area contributed by atoms with Crippen LogP contribution in [0.15, 0.2) is 28.0 Å². The summed E-state index contributed by atoms with van der Waals surface area (Å²) in [6, 6.07) is 3.77. The summed E-state index contributed by atoms with van der Waals surface area (Å²) in [4.78, 5) is 1.84. The van der Waals surface area contributed by atoms with Crippen LogP contribution in [0.2, 0.25) is 0 Å². The third kappa shape index (κ3) is 3.37. The summed E-state index contributed by atoms with van der Waals surface area (Å²) in [7, 11) is -5.35. The lowest BCUT2D eigenvalue weighted by molar-refractivity contribution is 0.222. The summed E-state index contributed by atoms with van der Waals surface area (Å²) < 4.78 is 49.8. The Morgan fingerprint density at radius 2 is 1.62 bits per heavy atom. The van der Waals surface area contributed by atoms with Crippen molar-refractivity contribution in [3.63, 3.8) is 0 Å². The fraction of sp³-hybridized carbons (Fsp3) is 0.500. The first-order valence-corrected chi connectivity index (χ1v) is 9.74. The predicted octanol–water partition coefficient (Wildman–Crippen LogP) is -0.392. The van der Waals surface area contributed by atoms with E-state index in [0.717, 1.165) is 12.3 Å². The highest BCUT2D eigenvalue weighted by Crippen LogP contribution is 2.26. The van der Waals surface area contributed by atoms with E-state index in [1.807, 2.05) is 11.9 Å². The van der Waals surface area contributed by atoms with Gasteiger partial charge in [-0.25, -0.2) is 16.8 Å². The zero-order valence-corrected chi connectivity index (χ0v) is 13.6. The van der Waals surface area contributed by atoms with E-state index in [4.69, 9.17) is 5.73 Å². The van der Waals surface area contributed by atoms with Crippen molar-refractivity contribution in [1.29, 1.82) is 0 Å². The molecule has 2 rings (SSSR count). The second-order valence-electron chi connectivity index (χ2n) is 5.18. The molecule has 0 radical (unpaired) electrons. The number of hydrogen-bond acceptors (Lipinski definition) is 6. The monoisotopic (exact) mass is 333 g/mol. The summed E-state index contributed by atoms with van der Waals surface area (Å²) in [5.74, 6) is 0. The maximum atomic E-state index is 12.6. The van der Waals surface area contributed by atoms with Crippen LogP contribution in [-0.4, -0.2) is 65.5 Å². The maximum Gasteiger partial charge on any atom is 0.245 e. The molecule has 0 bridgehead atoms. The van der Waals surface area contributed by atoms with E-state index in [0.29, 0.717) is 26.2 Å². The number of hydrogen-bond donors (Lipinski definition) is 1. The van der Waals surface area contributed by atoms with Gasteiger partial charge in [-0.1, -0.05) is 0 Å². The van der Waals surface area contributed by atoms with E-state index in [2.05, 4.69) is 0 Å².